The first kappa shape index (κ1) is 13.4. The van der Waals surface area contributed by atoms with E-state index in [0.29, 0.717) is 19.6 Å². The van der Waals surface area contributed by atoms with Crippen LogP contribution in [-0.2, 0) is 4.74 Å². The molecule has 1 aliphatic heterocycles. The van der Waals surface area contributed by atoms with Gasteiger partial charge in [0.05, 0.1) is 6.54 Å². The molecule has 1 amide bonds. The summed E-state index contributed by atoms with van der Waals surface area (Å²) in [5.74, 6) is 0. The molecule has 0 saturated carbocycles. The number of hydrogen-bond donors (Lipinski definition) is 0. The molecule has 1 aromatic carbocycles. The van der Waals surface area contributed by atoms with Gasteiger partial charge in [0, 0.05) is 12.1 Å². The third-order valence-electron chi connectivity index (χ3n) is 3.25. The molecular formula is C16H19NO2. The zero-order valence-electron chi connectivity index (χ0n) is 11.3. The summed E-state index contributed by atoms with van der Waals surface area (Å²) in [6.45, 7) is 6.99. The monoisotopic (exact) mass is 257 g/mol. The van der Waals surface area contributed by atoms with Crippen LogP contribution in [0.25, 0.3) is 5.57 Å². The summed E-state index contributed by atoms with van der Waals surface area (Å²) in [6, 6.07) is 10.2. The number of carbonyl (C=O) groups is 1. The van der Waals surface area contributed by atoms with Crippen molar-refractivity contribution in [2.45, 2.75) is 19.8 Å². The number of benzene rings is 1. The molecule has 1 saturated heterocycles. The number of rotatable bonds is 5. The number of carbonyl (C=O) groups excluding carboxylic acids is 1. The zero-order valence-corrected chi connectivity index (χ0v) is 11.3. The summed E-state index contributed by atoms with van der Waals surface area (Å²) in [7, 11) is 0. The second kappa shape index (κ2) is 6.23. The molecule has 3 nitrogen and oxygen atoms in total. The highest BCUT2D eigenvalue weighted by Gasteiger charge is 2.26. The maximum absolute atomic E-state index is 11.8. The summed E-state index contributed by atoms with van der Waals surface area (Å²) in [5.41, 5.74) is 3.34. The zero-order chi connectivity index (χ0) is 13.7. The molecule has 0 aliphatic carbocycles. The fourth-order valence-electron chi connectivity index (χ4n) is 2.39. The van der Waals surface area contributed by atoms with E-state index in [1.54, 1.807) is 4.90 Å². The first-order valence-corrected chi connectivity index (χ1v) is 6.60. The minimum atomic E-state index is -0.251. The average Bonchev–Trinajstić information content (AvgIpc) is 2.86. The number of allylic oxidation sites excluding steroid dienone is 2. The lowest BCUT2D eigenvalue weighted by Crippen LogP contribution is -2.24. The largest absolute Gasteiger partial charge is 0.447 e. The van der Waals surface area contributed by atoms with Crippen LogP contribution in [0.5, 0.6) is 0 Å². The van der Waals surface area contributed by atoms with Crippen LogP contribution in [-0.4, -0.2) is 24.1 Å². The van der Waals surface area contributed by atoms with Gasteiger partial charge in [-0.15, -0.1) is 6.58 Å². The van der Waals surface area contributed by atoms with Crippen molar-refractivity contribution >= 4 is 11.7 Å². The van der Waals surface area contributed by atoms with Crippen molar-refractivity contribution in [1.82, 2.24) is 4.90 Å². The van der Waals surface area contributed by atoms with Crippen molar-refractivity contribution < 1.29 is 9.53 Å². The summed E-state index contributed by atoms with van der Waals surface area (Å²) in [6.07, 6.45) is 3.13. The van der Waals surface area contributed by atoms with E-state index in [2.05, 4.69) is 25.6 Å². The summed E-state index contributed by atoms with van der Waals surface area (Å²) in [5, 5.41) is 0. The summed E-state index contributed by atoms with van der Waals surface area (Å²) in [4.78, 5) is 13.5. The quantitative estimate of drug-likeness (QED) is 0.750. The number of nitrogens with zero attached hydrogens (tertiary/aromatic N) is 1. The van der Waals surface area contributed by atoms with Crippen molar-refractivity contribution in [3.8, 4) is 0 Å². The molecule has 3 heteroatoms. The molecule has 0 aromatic heterocycles. The highest BCUT2D eigenvalue weighted by atomic mass is 16.6. The van der Waals surface area contributed by atoms with E-state index in [4.69, 9.17) is 4.74 Å². The Morgan fingerprint density at radius 2 is 2.16 bits per heavy atom. The Labute approximate surface area is 114 Å². The van der Waals surface area contributed by atoms with Gasteiger partial charge in [-0.1, -0.05) is 43.3 Å². The fraction of sp³-hybridized carbons (Fsp3) is 0.312. The third-order valence-corrected chi connectivity index (χ3v) is 3.25. The van der Waals surface area contributed by atoms with Gasteiger partial charge in [-0.05, 0) is 17.6 Å². The van der Waals surface area contributed by atoms with E-state index in [0.717, 1.165) is 17.7 Å². The molecule has 0 unspecified atom stereocenters. The molecule has 0 radical (unpaired) electrons. The Hall–Kier alpha value is -2.03. The highest BCUT2D eigenvalue weighted by Crippen LogP contribution is 2.28. The number of cyclic esters (lactones) is 1. The average molecular weight is 257 g/mol. The van der Waals surface area contributed by atoms with Gasteiger partial charge in [-0.25, -0.2) is 4.79 Å². The molecule has 1 heterocycles. The lowest BCUT2D eigenvalue weighted by Gasteiger charge is -2.21. The van der Waals surface area contributed by atoms with Crippen LogP contribution in [0.4, 0.5) is 4.79 Å². The maximum atomic E-state index is 11.8. The Balaban J connectivity index is 2.45. The van der Waals surface area contributed by atoms with Gasteiger partial charge in [0.25, 0.3) is 0 Å². The van der Waals surface area contributed by atoms with E-state index in [9.17, 15) is 4.79 Å². The Bertz CT molecular complexity index is 491. The maximum Gasteiger partial charge on any atom is 0.414 e. The normalized spacial score (nSPS) is 16.1. The van der Waals surface area contributed by atoms with Gasteiger partial charge in [0.1, 0.15) is 6.61 Å². The topological polar surface area (TPSA) is 29.5 Å². The van der Waals surface area contributed by atoms with Crippen LogP contribution in [0.3, 0.4) is 0 Å². The highest BCUT2D eigenvalue weighted by molar-refractivity contribution is 5.77. The van der Waals surface area contributed by atoms with Gasteiger partial charge in [0.15, 0.2) is 0 Å². The van der Waals surface area contributed by atoms with E-state index >= 15 is 0 Å². The molecular weight excluding hydrogens is 238 g/mol. The predicted molar refractivity (Wildman–Crippen MR) is 76.5 cm³/mol. The van der Waals surface area contributed by atoms with E-state index in [1.165, 1.54) is 5.57 Å². The molecule has 19 heavy (non-hydrogen) atoms. The van der Waals surface area contributed by atoms with Crippen molar-refractivity contribution in [1.29, 1.82) is 0 Å². The van der Waals surface area contributed by atoms with Gasteiger partial charge < -0.3 is 4.74 Å². The lowest BCUT2D eigenvalue weighted by atomic mass is 9.99. The Morgan fingerprint density at radius 3 is 2.68 bits per heavy atom. The third kappa shape index (κ3) is 2.87. The molecule has 1 fully saturated rings. The number of hydrogen-bond acceptors (Lipinski definition) is 2. The molecule has 0 atom stereocenters. The van der Waals surface area contributed by atoms with Crippen LogP contribution < -0.4 is 0 Å². The van der Waals surface area contributed by atoms with Gasteiger partial charge in [0.2, 0.25) is 0 Å². The molecule has 0 spiro atoms. The minimum absolute atomic E-state index is 0.251. The first-order chi connectivity index (χ1) is 9.27. The second-order valence-corrected chi connectivity index (χ2v) is 4.40. The molecule has 2 rings (SSSR count). The molecule has 0 N–H and O–H groups in total. The second-order valence-electron chi connectivity index (χ2n) is 4.40. The van der Waals surface area contributed by atoms with Crippen LogP contribution >= 0.6 is 0 Å². The van der Waals surface area contributed by atoms with Gasteiger partial charge in [-0.2, -0.15) is 0 Å². The Kier molecular flexibility index (Phi) is 4.39. The van der Waals surface area contributed by atoms with Crippen LogP contribution in [0.15, 0.2) is 48.7 Å². The standard InChI is InChI=1S/C16H19NO2/c1-3-8-15(17-11-12-19-16(17)18)14(4-2)13-9-6-5-7-10-13/h3,5-7,9-10H,1,4,8,11-12H2,2H3/b15-14-. The predicted octanol–water partition coefficient (Wildman–Crippen LogP) is 3.84. The fourth-order valence-corrected chi connectivity index (χ4v) is 2.39. The molecule has 1 aromatic rings. The number of amides is 1. The lowest BCUT2D eigenvalue weighted by molar-refractivity contribution is 0.164. The smallest absolute Gasteiger partial charge is 0.414 e. The molecule has 100 valence electrons. The van der Waals surface area contributed by atoms with E-state index in [-0.39, 0.29) is 6.09 Å². The Morgan fingerprint density at radius 1 is 1.42 bits per heavy atom. The van der Waals surface area contributed by atoms with Gasteiger partial charge in [-0.3, -0.25) is 4.90 Å². The summed E-state index contributed by atoms with van der Waals surface area (Å²) >= 11 is 0. The van der Waals surface area contributed by atoms with Crippen molar-refractivity contribution in [2.75, 3.05) is 13.2 Å². The van der Waals surface area contributed by atoms with E-state index < -0.39 is 0 Å². The minimum Gasteiger partial charge on any atom is -0.447 e. The van der Waals surface area contributed by atoms with E-state index in [1.807, 2.05) is 24.3 Å². The van der Waals surface area contributed by atoms with Gasteiger partial charge >= 0.3 is 6.09 Å². The van der Waals surface area contributed by atoms with Crippen LogP contribution in [0.2, 0.25) is 0 Å². The van der Waals surface area contributed by atoms with Crippen LogP contribution in [0, 0.1) is 0 Å². The molecule has 0 bridgehead atoms. The SMILES string of the molecule is C=CC/C(=C(\CC)c1ccccc1)N1CCOC1=O. The van der Waals surface area contributed by atoms with Crippen LogP contribution in [0.1, 0.15) is 25.3 Å². The van der Waals surface area contributed by atoms with Crippen molar-refractivity contribution in [2.24, 2.45) is 0 Å². The molecule has 1 aliphatic rings. The summed E-state index contributed by atoms with van der Waals surface area (Å²) < 4.78 is 5.04. The van der Waals surface area contributed by atoms with Crippen molar-refractivity contribution in [3.63, 3.8) is 0 Å². The first-order valence-electron chi connectivity index (χ1n) is 6.60. The van der Waals surface area contributed by atoms with Crippen molar-refractivity contribution in [3.05, 3.63) is 54.2 Å². The number of ether oxygens (including phenoxy) is 1.